The minimum atomic E-state index is 0.0621. The van der Waals surface area contributed by atoms with Crippen LogP contribution in [0, 0.1) is 6.92 Å². The van der Waals surface area contributed by atoms with Crippen LogP contribution in [0.5, 0.6) is 11.5 Å². The van der Waals surface area contributed by atoms with E-state index in [1.165, 1.54) is 64.0 Å². The number of rotatable bonds is 10. The number of phenolic OH excluding ortho intramolecular Hbond substituents is 1. The summed E-state index contributed by atoms with van der Waals surface area (Å²) in [5.74, 6) is 1.48. The predicted molar refractivity (Wildman–Crippen MR) is 168 cm³/mol. The molecule has 1 N–H and O–H groups in total. The Kier molecular flexibility index (Phi) is 8.42. The third-order valence-electron chi connectivity index (χ3n) is 8.76. The Balaban J connectivity index is 1.22. The summed E-state index contributed by atoms with van der Waals surface area (Å²) in [7, 11) is 0. The number of hydrogen-bond acceptors (Lipinski definition) is 6. The maximum absolute atomic E-state index is 12.1. The summed E-state index contributed by atoms with van der Waals surface area (Å²) >= 11 is 1.74. The third-order valence-corrected chi connectivity index (χ3v) is 10.0. The molecule has 6 rings (SSSR count). The molecular weight excluding hydrogens is 528 g/mol. The standard InChI is InChI=1S/C35H40N2O3S/c1-24-20-26(7-8-28(24)23-37-17-5-6-33(37)25(2)38)21-32-31-14-11-29(39)22-34(31)41-35(32)27-9-12-30(13-10-27)40-19-18-36-15-3-4-16-36/h7-14,20,22,33,39H,3-6,15-19,21,23H2,1-2H3/t33-/m0/s1. The van der Waals surface area contributed by atoms with E-state index in [1.807, 2.05) is 12.1 Å². The van der Waals surface area contributed by atoms with Crippen molar-refractivity contribution in [2.75, 3.05) is 32.8 Å². The molecule has 0 bridgehead atoms. The summed E-state index contributed by atoms with van der Waals surface area (Å²) in [5.41, 5.74) is 6.29. The molecule has 4 aromatic rings. The van der Waals surface area contributed by atoms with Gasteiger partial charge in [0.1, 0.15) is 23.9 Å². The van der Waals surface area contributed by atoms with Crippen LogP contribution in [0.2, 0.25) is 0 Å². The number of ether oxygens (including phenoxy) is 1. The van der Waals surface area contributed by atoms with Crippen LogP contribution >= 0.6 is 11.3 Å². The average Bonchev–Trinajstić information content (AvgIpc) is 3.72. The van der Waals surface area contributed by atoms with Crippen molar-refractivity contribution in [1.82, 2.24) is 9.80 Å². The lowest BCUT2D eigenvalue weighted by Gasteiger charge is -2.23. The highest BCUT2D eigenvalue weighted by Crippen LogP contribution is 2.41. The fraction of sp³-hybridized carbons (Fsp3) is 0.400. The Hall–Kier alpha value is -3.19. The van der Waals surface area contributed by atoms with Gasteiger partial charge in [-0.1, -0.05) is 18.2 Å². The predicted octanol–water partition coefficient (Wildman–Crippen LogP) is 7.20. The van der Waals surface area contributed by atoms with E-state index in [-0.39, 0.29) is 11.8 Å². The maximum atomic E-state index is 12.1. The number of carbonyl (C=O) groups excluding carboxylic acids is 1. The van der Waals surface area contributed by atoms with E-state index in [9.17, 15) is 9.90 Å². The summed E-state index contributed by atoms with van der Waals surface area (Å²) in [6.45, 7) is 9.80. The Bertz CT molecular complexity index is 1520. The van der Waals surface area contributed by atoms with Gasteiger partial charge < -0.3 is 9.84 Å². The number of carbonyl (C=O) groups is 1. The first kappa shape index (κ1) is 28.0. The van der Waals surface area contributed by atoms with Gasteiger partial charge >= 0.3 is 0 Å². The molecule has 0 spiro atoms. The highest BCUT2D eigenvalue weighted by Gasteiger charge is 2.28. The lowest BCUT2D eigenvalue weighted by molar-refractivity contribution is -0.121. The number of ketones is 1. The van der Waals surface area contributed by atoms with Crippen LogP contribution in [-0.2, 0) is 17.8 Å². The van der Waals surface area contributed by atoms with Crippen molar-refractivity contribution < 1.29 is 14.6 Å². The molecule has 1 aromatic heterocycles. The average molecular weight is 569 g/mol. The second-order valence-electron chi connectivity index (χ2n) is 11.7. The molecule has 0 saturated carbocycles. The molecule has 5 nitrogen and oxygen atoms in total. The van der Waals surface area contributed by atoms with Crippen molar-refractivity contribution >= 4 is 27.2 Å². The second-order valence-corrected chi connectivity index (χ2v) is 12.7. The largest absolute Gasteiger partial charge is 0.508 e. The van der Waals surface area contributed by atoms with Crippen molar-refractivity contribution in [3.8, 4) is 21.9 Å². The lowest BCUT2D eigenvalue weighted by atomic mass is 9.96. The Labute approximate surface area is 247 Å². The molecule has 0 unspecified atom stereocenters. The Morgan fingerprint density at radius 1 is 1.00 bits per heavy atom. The van der Waals surface area contributed by atoms with Gasteiger partial charge in [0.05, 0.1) is 6.04 Å². The quantitative estimate of drug-likeness (QED) is 0.219. The summed E-state index contributed by atoms with van der Waals surface area (Å²) in [5, 5.41) is 11.4. The van der Waals surface area contributed by atoms with Crippen LogP contribution in [0.4, 0.5) is 0 Å². The number of Topliss-reactive ketones (excluding diaryl/α,β-unsaturated/α-hetero) is 1. The molecule has 0 aliphatic carbocycles. The zero-order valence-electron chi connectivity index (χ0n) is 24.2. The molecule has 2 aliphatic rings. The molecule has 214 valence electrons. The number of aromatic hydroxyl groups is 1. The fourth-order valence-electron chi connectivity index (χ4n) is 6.49. The number of phenols is 1. The second kappa shape index (κ2) is 12.4. The first-order chi connectivity index (χ1) is 19.9. The molecule has 2 aliphatic heterocycles. The molecule has 3 aromatic carbocycles. The number of hydrogen-bond donors (Lipinski definition) is 1. The van der Waals surface area contributed by atoms with Crippen LogP contribution in [-0.4, -0.2) is 59.5 Å². The van der Waals surface area contributed by atoms with Crippen molar-refractivity contribution in [2.24, 2.45) is 0 Å². The van der Waals surface area contributed by atoms with Gasteiger partial charge in [-0.25, -0.2) is 0 Å². The number of nitrogens with zero attached hydrogens (tertiary/aromatic N) is 2. The highest BCUT2D eigenvalue weighted by atomic mass is 32.1. The van der Waals surface area contributed by atoms with Crippen molar-refractivity contribution in [3.63, 3.8) is 0 Å². The number of likely N-dealkylation sites (tertiary alicyclic amines) is 2. The van der Waals surface area contributed by atoms with E-state index in [4.69, 9.17) is 4.74 Å². The van der Waals surface area contributed by atoms with E-state index in [0.29, 0.717) is 5.75 Å². The normalized spacial score (nSPS) is 18.0. The van der Waals surface area contributed by atoms with E-state index in [1.54, 1.807) is 24.3 Å². The molecular formula is C35H40N2O3S. The number of benzene rings is 3. The highest BCUT2D eigenvalue weighted by molar-refractivity contribution is 7.22. The van der Waals surface area contributed by atoms with Crippen molar-refractivity contribution in [1.29, 1.82) is 0 Å². The van der Waals surface area contributed by atoms with Crippen LogP contribution in [0.1, 0.15) is 54.9 Å². The van der Waals surface area contributed by atoms with E-state index >= 15 is 0 Å². The first-order valence-electron chi connectivity index (χ1n) is 15.0. The zero-order chi connectivity index (χ0) is 28.3. The van der Waals surface area contributed by atoms with E-state index < -0.39 is 0 Å². The summed E-state index contributed by atoms with van der Waals surface area (Å²) in [6, 6.07) is 21.0. The molecule has 2 fully saturated rings. The molecule has 0 radical (unpaired) electrons. The molecule has 2 saturated heterocycles. The van der Waals surface area contributed by atoms with E-state index in [0.717, 1.165) is 56.0 Å². The third kappa shape index (κ3) is 6.35. The van der Waals surface area contributed by atoms with Crippen molar-refractivity contribution in [2.45, 2.75) is 58.5 Å². The van der Waals surface area contributed by atoms with Gasteiger partial charge in [0, 0.05) is 22.7 Å². The van der Waals surface area contributed by atoms with Gasteiger partial charge in [-0.3, -0.25) is 14.6 Å². The lowest BCUT2D eigenvalue weighted by Crippen LogP contribution is -2.34. The first-order valence-corrected chi connectivity index (χ1v) is 15.8. The van der Waals surface area contributed by atoms with Crippen molar-refractivity contribution in [3.05, 3.63) is 82.9 Å². The molecule has 0 amide bonds. The minimum Gasteiger partial charge on any atom is -0.508 e. The molecule has 41 heavy (non-hydrogen) atoms. The van der Waals surface area contributed by atoms with E-state index in [2.05, 4.69) is 59.2 Å². The Morgan fingerprint density at radius 3 is 2.56 bits per heavy atom. The van der Waals surface area contributed by atoms with Gasteiger partial charge in [-0.05, 0) is 141 Å². The molecule has 1 atom stereocenters. The van der Waals surface area contributed by atoms with Crippen LogP contribution < -0.4 is 4.74 Å². The topological polar surface area (TPSA) is 53.0 Å². The minimum absolute atomic E-state index is 0.0621. The number of aryl methyl sites for hydroxylation is 1. The van der Waals surface area contributed by atoms with Gasteiger partial charge in [-0.15, -0.1) is 11.3 Å². The Morgan fingerprint density at radius 2 is 1.80 bits per heavy atom. The van der Waals surface area contributed by atoms with Crippen LogP contribution in [0.3, 0.4) is 0 Å². The summed E-state index contributed by atoms with van der Waals surface area (Å²) in [6.07, 6.45) is 5.48. The summed E-state index contributed by atoms with van der Waals surface area (Å²) < 4.78 is 7.15. The molecule has 6 heteroatoms. The number of fused-ring (bicyclic) bond motifs is 1. The summed E-state index contributed by atoms with van der Waals surface area (Å²) in [4.78, 5) is 18.1. The van der Waals surface area contributed by atoms with Gasteiger partial charge in [-0.2, -0.15) is 0 Å². The van der Waals surface area contributed by atoms with Gasteiger partial charge in [0.25, 0.3) is 0 Å². The number of thiophene rings is 1. The molecule has 3 heterocycles. The van der Waals surface area contributed by atoms with Crippen LogP contribution in [0.25, 0.3) is 20.5 Å². The van der Waals surface area contributed by atoms with Gasteiger partial charge in [0.15, 0.2) is 0 Å². The maximum Gasteiger partial charge on any atom is 0.146 e. The zero-order valence-corrected chi connectivity index (χ0v) is 25.0. The fourth-order valence-corrected chi connectivity index (χ4v) is 7.75. The monoisotopic (exact) mass is 568 g/mol. The van der Waals surface area contributed by atoms with Crippen LogP contribution in [0.15, 0.2) is 60.7 Å². The van der Waals surface area contributed by atoms with Gasteiger partial charge in [0.2, 0.25) is 0 Å². The SMILES string of the molecule is CC(=O)[C@@H]1CCCN1Cc1ccc(Cc2c(-c3ccc(OCCN4CCCC4)cc3)sc3cc(O)ccc23)cc1C. The smallest absolute Gasteiger partial charge is 0.146 e.